The van der Waals surface area contributed by atoms with E-state index in [0.29, 0.717) is 0 Å². The molecule has 1 spiro atoms. The van der Waals surface area contributed by atoms with Crippen molar-refractivity contribution in [1.82, 2.24) is 0 Å². The molecular weight excluding hydrogens is 496 g/mol. The van der Waals surface area contributed by atoms with E-state index in [1.54, 1.807) is 0 Å². The number of thiophene rings is 1. The van der Waals surface area contributed by atoms with Gasteiger partial charge in [0, 0.05) is 33.5 Å². The Balaban J connectivity index is 1.44. The van der Waals surface area contributed by atoms with Gasteiger partial charge in [0.2, 0.25) is 11.9 Å². The van der Waals surface area contributed by atoms with Crippen LogP contribution in [0.3, 0.4) is 0 Å². The molecule has 9 rings (SSSR count). The van der Waals surface area contributed by atoms with E-state index in [1.807, 2.05) is 11.3 Å². The highest BCUT2D eigenvalue weighted by atomic mass is 32.1. The Kier molecular flexibility index (Phi) is 4.16. The van der Waals surface area contributed by atoms with Crippen LogP contribution in [-0.4, -0.2) is 12.0 Å². The van der Waals surface area contributed by atoms with Crippen LogP contribution in [0.2, 0.25) is 0 Å². The molecule has 3 aliphatic rings. The highest BCUT2D eigenvalue weighted by molar-refractivity contribution is 7.22. The average molecular weight is 520 g/mol. The molecule has 184 valence electrons. The number of pyridine rings is 1. The predicted octanol–water partition coefficient (Wildman–Crippen LogP) is 6.99. The normalized spacial score (nSPS) is 20.2. The van der Waals surface area contributed by atoms with Crippen molar-refractivity contribution in [2.75, 3.05) is 9.91 Å². The molecule has 0 amide bonds. The fourth-order valence-corrected chi connectivity index (χ4v) is 8.21. The lowest BCUT2D eigenvalue weighted by molar-refractivity contribution is -0.729. The summed E-state index contributed by atoms with van der Waals surface area (Å²) in [7, 11) is 0. The number of hydrazone groups is 1. The molecule has 0 bridgehead atoms. The molecule has 4 aromatic carbocycles. The number of fused-ring (bicyclic) bond motifs is 12. The number of amidine groups is 1. The standard InChI is InChI=1S/C34H23N4S/c1-3-13-23(14-4-1)32-35-38-27-19-9-8-18-26(27)34(33(38)37(32)24-15-5-2-6-16-24)30-25-17-7-10-21-29(25)39-31(30)28-20-11-12-22-36(28)34/h1-22,33H/q+1. The van der Waals surface area contributed by atoms with Gasteiger partial charge in [-0.05, 0) is 36.4 Å². The van der Waals surface area contributed by atoms with Crippen molar-refractivity contribution in [2.45, 2.75) is 11.7 Å². The SMILES string of the molecule is c1ccc(C2=NN3c4ccccc4C4(c5c(sc6ccccc56)-c5cccc[n+]54)C3N2c2ccccc2)cc1. The minimum Gasteiger partial charge on any atom is -0.295 e. The Morgan fingerprint density at radius 1 is 0.718 bits per heavy atom. The summed E-state index contributed by atoms with van der Waals surface area (Å²) in [5.41, 5.74) is 6.80. The Morgan fingerprint density at radius 2 is 1.44 bits per heavy atom. The smallest absolute Gasteiger partial charge is 0.264 e. The minimum atomic E-state index is -0.502. The fraction of sp³-hybridized carbons (Fsp3) is 0.0588. The van der Waals surface area contributed by atoms with Crippen LogP contribution in [0, 0.1) is 0 Å². The van der Waals surface area contributed by atoms with Crippen LogP contribution in [0.15, 0.2) is 139 Å². The van der Waals surface area contributed by atoms with Crippen molar-refractivity contribution in [3.63, 3.8) is 0 Å². The maximum absolute atomic E-state index is 5.41. The maximum atomic E-state index is 5.41. The maximum Gasteiger partial charge on any atom is 0.264 e. The first-order valence-electron chi connectivity index (χ1n) is 13.3. The van der Waals surface area contributed by atoms with E-state index < -0.39 is 5.54 Å². The first-order valence-corrected chi connectivity index (χ1v) is 14.1. The third-order valence-corrected chi connectivity index (χ3v) is 9.55. The molecule has 0 saturated carbocycles. The highest BCUT2D eigenvalue weighted by Gasteiger charge is 2.70. The zero-order chi connectivity index (χ0) is 25.6. The van der Waals surface area contributed by atoms with Gasteiger partial charge in [-0.3, -0.25) is 4.90 Å². The Labute approximate surface area is 230 Å². The van der Waals surface area contributed by atoms with E-state index in [4.69, 9.17) is 5.10 Å². The van der Waals surface area contributed by atoms with E-state index >= 15 is 0 Å². The minimum absolute atomic E-state index is 0.127. The predicted molar refractivity (Wildman–Crippen MR) is 158 cm³/mol. The van der Waals surface area contributed by atoms with Crippen molar-refractivity contribution >= 4 is 38.6 Å². The average Bonchev–Trinajstić information content (AvgIpc) is 3.73. The first-order chi connectivity index (χ1) is 19.4. The van der Waals surface area contributed by atoms with Gasteiger partial charge >= 0.3 is 0 Å². The highest BCUT2D eigenvalue weighted by Crippen LogP contribution is 2.59. The molecule has 3 aliphatic heterocycles. The molecule has 0 radical (unpaired) electrons. The van der Waals surface area contributed by atoms with E-state index in [2.05, 4.69) is 148 Å². The second-order valence-corrected chi connectivity index (χ2v) is 11.3. The second-order valence-electron chi connectivity index (χ2n) is 10.3. The van der Waals surface area contributed by atoms with E-state index in [1.165, 1.54) is 31.8 Å². The lowest BCUT2D eigenvalue weighted by atomic mass is 9.81. The summed E-state index contributed by atoms with van der Waals surface area (Å²) < 4.78 is 3.84. The van der Waals surface area contributed by atoms with Crippen molar-refractivity contribution in [3.05, 3.63) is 150 Å². The molecule has 2 aromatic heterocycles. The summed E-state index contributed by atoms with van der Waals surface area (Å²) >= 11 is 1.90. The van der Waals surface area contributed by atoms with E-state index in [9.17, 15) is 0 Å². The van der Waals surface area contributed by atoms with Crippen molar-refractivity contribution in [1.29, 1.82) is 0 Å². The Morgan fingerprint density at radius 3 is 2.31 bits per heavy atom. The molecule has 5 heterocycles. The number of hydrogen-bond donors (Lipinski definition) is 0. The number of benzene rings is 4. The molecule has 5 heteroatoms. The molecule has 0 saturated heterocycles. The van der Waals surface area contributed by atoms with Crippen LogP contribution < -0.4 is 14.5 Å². The third kappa shape index (κ3) is 2.58. The molecule has 4 nitrogen and oxygen atoms in total. The zero-order valence-electron chi connectivity index (χ0n) is 21.0. The monoisotopic (exact) mass is 519 g/mol. The van der Waals surface area contributed by atoms with Crippen molar-refractivity contribution in [2.24, 2.45) is 5.10 Å². The summed E-state index contributed by atoms with van der Waals surface area (Å²) in [5, 5.41) is 9.01. The van der Waals surface area contributed by atoms with Gasteiger partial charge in [0.15, 0.2) is 12.0 Å². The molecule has 39 heavy (non-hydrogen) atoms. The number of nitrogens with zero attached hydrogens (tertiary/aromatic N) is 4. The van der Waals surface area contributed by atoms with Crippen LogP contribution in [0.4, 0.5) is 11.4 Å². The summed E-state index contributed by atoms with van der Waals surface area (Å²) in [6, 6.07) is 45.6. The number of anilines is 2. The van der Waals surface area contributed by atoms with Crippen LogP contribution in [0.25, 0.3) is 20.7 Å². The van der Waals surface area contributed by atoms with Gasteiger partial charge in [0.05, 0.1) is 16.8 Å². The van der Waals surface area contributed by atoms with Crippen LogP contribution in [-0.2, 0) is 5.54 Å². The Hall–Kier alpha value is -4.74. The fourth-order valence-electron chi connectivity index (χ4n) is 6.93. The molecule has 0 N–H and O–H groups in total. The summed E-state index contributed by atoms with van der Waals surface area (Å²) in [6.07, 6.45) is 2.14. The van der Waals surface area contributed by atoms with Crippen LogP contribution in [0.5, 0.6) is 0 Å². The van der Waals surface area contributed by atoms with Crippen molar-refractivity contribution < 1.29 is 4.57 Å². The van der Waals surface area contributed by atoms with E-state index in [-0.39, 0.29) is 6.17 Å². The third-order valence-electron chi connectivity index (χ3n) is 8.36. The van der Waals surface area contributed by atoms with Gasteiger partial charge in [-0.2, -0.15) is 9.67 Å². The van der Waals surface area contributed by atoms with Gasteiger partial charge in [-0.25, -0.2) is 5.01 Å². The molecule has 2 unspecified atom stereocenters. The quantitative estimate of drug-likeness (QED) is 0.230. The van der Waals surface area contributed by atoms with Gasteiger partial charge in [0.25, 0.3) is 5.54 Å². The van der Waals surface area contributed by atoms with Gasteiger partial charge in [0.1, 0.15) is 4.88 Å². The first kappa shape index (κ1) is 21.2. The van der Waals surface area contributed by atoms with Crippen molar-refractivity contribution in [3.8, 4) is 10.6 Å². The number of rotatable bonds is 2. The number of aromatic nitrogens is 1. The lowest BCUT2D eigenvalue weighted by Gasteiger charge is -2.35. The van der Waals surface area contributed by atoms with Gasteiger partial charge in [-0.15, -0.1) is 11.3 Å². The van der Waals surface area contributed by atoms with Gasteiger partial charge in [-0.1, -0.05) is 78.9 Å². The largest absolute Gasteiger partial charge is 0.295 e. The molecule has 2 atom stereocenters. The molecule has 6 aromatic rings. The Bertz CT molecular complexity index is 1940. The number of para-hydroxylation sites is 2. The van der Waals surface area contributed by atoms with Gasteiger partial charge < -0.3 is 0 Å². The summed E-state index contributed by atoms with van der Waals surface area (Å²) in [4.78, 5) is 3.80. The summed E-state index contributed by atoms with van der Waals surface area (Å²) in [6.45, 7) is 0. The van der Waals surface area contributed by atoms with Crippen LogP contribution >= 0.6 is 11.3 Å². The molecule has 0 aliphatic carbocycles. The topological polar surface area (TPSA) is 22.7 Å². The second kappa shape index (κ2) is 7.65. The van der Waals surface area contributed by atoms with E-state index in [0.717, 1.165) is 22.8 Å². The zero-order valence-corrected chi connectivity index (χ0v) is 21.8. The van der Waals surface area contributed by atoms with Crippen LogP contribution in [0.1, 0.15) is 16.7 Å². The molecular formula is C34H23N4S+. The molecule has 0 fully saturated rings. The lowest BCUT2D eigenvalue weighted by Crippen LogP contribution is -2.66. The number of hydrogen-bond acceptors (Lipinski definition) is 4. The summed E-state index contributed by atoms with van der Waals surface area (Å²) in [5.74, 6) is 0.965.